The van der Waals surface area contributed by atoms with Crippen LogP contribution in [-0.4, -0.2) is 18.8 Å². The van der Waals surface area contributed by atoms with E-state index < -0.39 is 0 Å². The maximum atomic E-state index is 5.96. The van der Waals surface area contributed by atoms with Gasteiger partial charge < -0.3 is 14.6 Å². The van der Waals surface area contributed by atoms with Crippen LogP contribution in [0.1, 0.15) is 51.1 Å². The number of hydrogen-bond acceptors (Lipinski definition) is 4. The summed E-state index contributed by atoms with van der Waals surface area (Å²) in [4.78, 5) is 0. The summed E-state index contributed by atoms with van der Waals surface area (Å²) in [5.41, 5.74) is 1.86. The highest BCUT2D eigenvalue weighted by Crippen LogP contribution is 2.30. The van der Waals surface area contributed by atoms with Crippen molar-refractivity contribution in [1.82, 2.24) is 10.5 Å². The molecule has 1 aromatic carbocycles. The lowest BCUT2D eigenvalue weighted by atomic mass is 10.1. The molecule has 0 radical (unpaired) electrons. The first-order valence-electron chi connectivity index (χ1n) is 8.67. The number of nitrogens with one attached hydrogen (secondary N) is 1. The summed E-state index contributed by atoms with van der Waals surface area (Å²) < 4.78 is 11.4. The van der Waals surface area contributed by atoms with Crippen molar-refractivity contribution in [2.75, 3.05) is 13.7 Å². The van der Waals surface area contributed by atoms with Crippen LogP contribution in [0.2, 0.25) is 0 Å². The lowest BCUT2D eigenvalue weighted by Crippen LogP contribution is -2.04. The Labute approximate surface area is 139 Å². The average molecular weight is 316 g/mol. The SMILES string of the molecule is CCCCCCCCOc1ccccc1-c1cc(CNC)no1. The fourth-order valence-corrected chi connectivity index (χ4v) is 2.56. The second kappa shape index (κ2) is 10.1. The standard InChI is InChI=1S/C19H28N2O2/c1-3-4-5-6-7-10-13-22-18-12-9-8-11-17(18)19-14-16(15-20-2)21-23-19/h8-9,11-12,14,20H,3-7,10,13,15H2,1-2H3. The molecule has 126 valence electrons. The molecule has 0 aliphatic carbocycles. The van der Waals surface area contributed by atoms with E-state index in [1.165, 1.54) is 32.1 Å². The van der Waals surface area contributed by atoms with Crippen molar-refractivity contribution in [1.29, 1.82) is 0 Å². The molecular formula is C19H28N2O2. The van der Waals surface area contributed by atoms with E-state index in [0.29, 0.717) is 6.54 Å². The van der Waals surface area contributed by atoms with Crippen LogP contribution < -0.4 is 10.1 Å². The van der Waals surface area contributed by atoms with Gasteiger partial charge in [-0.3, -0.25) is 0 Å². The second-order valence-electron chi connectivity index (χ2n) is 5.83. The van der Waals surface area contributed by atoms with E-state index in [9.17, 15) is 0 Å². The lowest BCUT2D eigenvalue weighted by molar-refractivity contribution is 0.304. The third-order valence-corrected chi connectivity index (χ3v) is 3.82. The van der Waals surface area contributed by atoms with E-state index in [1.54, 1.807) is 0 Å². The highest BCUT2D eigenvalue weighted by Gasteiger charge is 2.11. The minimum absolute atomic E-state index is 0.699. The minimum atomic E-state index is 0.699. The summed E-state index contributed by atoms with van der Waals surface area (Å²) in [6.07, 6.45) is 7.59. The van der Waals surface area contributed by atoms with Gasteiger partial charge in [-0.15, -0.1) is 0 Å². The number of hydrogen-bond donors (Lipinski definition) is 1. The summed E-state index contributed by atoms with van der Waals surface area (Å²) in [7, 11) is 1.89. The van der Waals surface area contributed by atoms with Crippen LogP contribution in [-0.2, 0) is 6.54 Å². The molecule has 4 heteroatoms. The van der Waals surface area contributed by atoms with Gasteiger partial charge >= 0.3 is 0 Å². The summed E-state index contributed by atoms with van der Waals surface area (Å²) in [5.74, 6) is 1.63. The van der Waals surface area contributed by atoms with Crippen molar-refractivity contribution in [3.63, 3.8) is 0 Å². The minimum Gasteiger partial charge on any atom is -0.493 e. The predicted molar refractivity (Wildman–Crippen MR) is 93.6 cm³/mol. The van der Waals surface area contributed by atoms with E-state index in [-0.39, 0.29) is 0 Å². The Morgan fingerprint density at radius 1 is 1.09 bits per heavy atom. The van der Waals surface area contributed by atoms with Crippen molar-refractivity contribution in [2.45, 2.75) is 52.0 Å². The maximum Gasteiger partial charge on any atom is 0.170 e. The van der Waals surface area contributed by atoms with Crippen molar-refractivity contribution in [2.24, 2.45) is 0 Å². The molecule has 2 rings (SSSR count). The molecular weight excluding hydrogens is 288 g/mol. The second-order valence-corrected chi connectivity index (χ2v) is 5.83. The zero-order valence-electron chi connectivity index (χ0n) is 14.3. The van der Waals surface area contributed by atoms with E-state index >= 15 is 0 Å². The number of unbranched alkanes of at least 4 members (excludes halogenated alkanes) is 5. The van der Waals surface area contributed by atoms with E-state index in [2.05, 4.69) is 17.4 Å². The van der Waals surface area contributed by atoms with Crippen LogP contribution in [0.3, 0.4) is 0 Å². The molecule has 0 atom stereocenters. The summed E-state index contributed by atoms with van der Waals surface area (Å²) in [6.45, 7) is 3.69. The summed E-state index contributed by atoms with van der Waals surface area (Å²) in [5, 5.41) is 7.14. The molecule has 23 heavy (non-hydrogen) atoms. The van der Waals surface area contributed by atoms with Crippen LogP contribution in [0, 0.1) is 0 Å². The Kier molecular flexibility index (Phi) is 7.67. The Morgan fingerprint density at radius 2 is 1.87 bits per heavy atom. The molecule has 1 N–H and O–H groups in total. The Morgan fingerprint density at radius 3 is 2.70 bits per heavy atom. The topological polar surface area (TPSA) is 47.3 Å². The molecule has 0 saturated carbocycles. The highest BCUT2D eigenvalue weighted by atomic mass is 16.5. The van der Waals surface area contributed by atoms with E-state index in [0.717, 1.165) is 35.8 Å². The molecule has 1 heterocycles. The van der Waals surface area contributed by atoms with Gasteiger partial charge in [0.15, 0.2) is 5.76 Å². The predicted octanol–water partition coefficient (Wildman–Crippen LogP) is 4.80. The van der Waals surface area contributed by atoms with Gasteiger partial charge in [-0.2, -0.15) is 0 Å². The first-order valence-corrected chi connectivity index (χ1v) is 8.67. The van der Waals surface area contributed by atoms with Gasteiger partial charge in [-0.1, -0.05) is 56.3 Å². The van der Waals surface area contributed by atoms with Crippen molar-refractivity contribution < 1.29 is 9.26 Å². The Hall–Kier alpha value is -1.81. The third-order valence-electron chi connectivity index (χ3n) is 3.82. The molecule has 1 aromatic heterocycles. The molecule has 4 nitrogen and oxygen atoms in total. The fourth-order valence-electron chi connectivity index (χ4n) is 2.56. The van der Waals surface area contributed by atoms with E-state index in [1.807, 2.05) is 37.4 Å². The number of rotatable bonds is 11. The molecule has 0 amide bonds. The van der Waals surface area contributed by atoms with Crippen LogP contribution in [0.4, 0.5) is 0 Å². The molecule has 0 aliphatic heterocycles. The fraction of sp³-hybridized carbons (Fsp3) is 0.526. The summed E-state index contributed by atoms with van der Waals surface area (Å²) in [6, 6.07) is 9.95. The molecule has 0 fully saturated rings. The van der Waals surface area contributed by atoms with Crippen molar-refractivity contribution in [3.8, 4) is 17.1 Å². The molecule has 0 spiro atoms. The van der Waals surface area contributed by atoms with Gasteiger partial charge in [0.2, 0.25) is 0 Å². The van der Waals surface area contributed by atoms with Gasteiger partial charge in [0.05, 0.1) is 17.9 Å². The van der Waals surface area contributed by atoms with E-state index in [4.69, 9.17) is 9.26 Å². The number of ether oxygens (including phenoxy) is 1. The Balaban J connectivity index is 1.87. The maximum absolute atomic E-state index is 5.96. The largest absolute Gasteiger partial charge is 0.493 e. The third kappa shape index (κ3) is 5.71. The number of para-hydroxylation sites is 1. The zero-order valence-corrected chi connectivity index (χ0v) is 14.3. The Bertz CT molecular complexity index is 566. The van der Waals surface area contributed by atoms with Crippen LogP contribution in [0.25, 0.3) is 11.3 Å². The average Bonchev–Trinajstić information content (AvgIpc) is 3.03. The van der Waals surface area contributed by atoms with Crippen LogP contribution >= 0.6 is 0 Å². The van der Waals surface area contributed by atoms with Crippen LogP contribution in [0.15, 0.2) is 34.9 Å². The van der Waals surface area contributed by atoms with Gasteiger partial charge in [0.25, 0.3) is 0 Å². The quantitative estimate of drug-likeness (QED) is 0.605. The monoisotopic (exact) mass is 316 g/mol. The smallest absolute Gasteiger partial charge is 0.170 e. The first-order chi connectivity index (χ1) is 11.3. The molecule has 0 saturated heterocycles. The highest BCUT2D eigenvalue weighted by molar-refractivity contribution is 5.65. The first kappa shape index (κ1) is 17.5. The zero-order chi connectivity index (χ0) is 16.3. The molecule has 2 aromatic rings. The van der Waals surface area contributed by atoms with Gasteiger partial charge in [0, 0.05) is 12.6 Å². The van der Waals surface area contributed by atoms with Crippen molar-refractivity contribution in [3.05, 3.63) is 36.0 Å². The molecule has 0 unspecified atom stereocenters. The van der Waals surface area contributed by atoms with Gasteiger partial charge in [0.1, 0.15) is 5.75 Å². The van der Waals surface area contributed by atoms with Crippen molar-refractivity contribution >= 4 is 0 Å². The lowest BCUT2D eigenvalue weighted by Gasteiger charge is -2.09. The van der Waals surface area contributed by atoms with Gasteiger partial charge in [-0.05, 0) is 25.6 Å². The van der Waals surface area contributed by atoms with Crippen LogP contribution in [0.5, 0.6) is 5.75 Å². The normalized spacial score (nSPS) is 10.9. The number of nitrogens with zero attached hydrogens (tertiary/aromatic N) is 1. The van der Waals surface area contributed by atoms with Gasteiger partial charge in [-0.25, -0.2) is 0 Å². The summed E-state index contributed by atoms with van der Waals surface area (Å²) >= 11 is 0. The number of benzene rings is 1. The molecule has 0 bridgehead atoms. The number of aromatic nitrogens is 1. The molecule has 0 aliphatic rings.